The average Bonchev–Trinajstić information content (AvgIpc) is 2.90. The van der Waals surface area contributed by atoms with Gasteiger partial charge in [0.25, 0.3) is 0 Å². The predicted octanol–water partition coefficient (Wildman–Crippen LogP) is 1.78. The molecule has 0 radical (unpaired) electrons. The highest BCUT2D eigenvalue weighted by Crippen LogP contribution is 2.13. The van der Waals surface area contributed by atoms with Gasteiger partial charge >= 0.3 is 5.97 Å². The molecule has 1 aromatic carbocycles. The van der Waals surface area contributed by atoms with E-state index in [0.717, 1.165) is 11.3 Å². The number of H-pyrrole nitrogens is 1. The Morgan fingerprint density at radius 2 is 2.35 bits per heavy atom. The molecule has 17 heavy (non-hydrogen) atoms. The molecule has 0 saturated heterocycles. The lowest BCUT2D eigenvalue weighted by molar-refractivity contribution is 0.0472. The molecule has 5 nitrogen and oxygen atoms in total. The summed E-state index contributed by atoms with van der Waals surface area (Å²) >= 11 is 0. The molecule has 0 fully saturated rings. The second-order valence-electron chi connectivity index (χ2n) is 3.41. The largest absolute Gasteiger partial charge is 0.497 e. The smallest absolute Gasteiger partial charge is 0.341 e. The van der Waals surface area contributed by atoms with Crippen molar-refractivity contribution in [1.82, 2.24) is 10.2 Å². The molecule has 2 aromatic rings. The maximum absolute atomic E-state index is 11.5. The van der Waals surface area contributed by atoms with Crippen LogP contribution in [0.5, 0.6) is 5.75 Å². The first kappa shape index (κ1) is 11.2. The number of carbonyl (C=O) groups is 1. The summed E-state index contributed by atoms with van der Waals surface area (Å²) in [6.45, 7) is 0.210. The Kier molecular flexibility index (Phi) is 3.40. The molecule has 1 heterocycles. The zero-order valence-corrected chi connectivity index (χ0v) is 9.34. The van der Waals surface area contributed by atoms with Crippen molar-refractivity contribution in [2.75, 3.05) is 7.11 Å². The van der Waals surface area contributed by atoms with Crippen molar-refractivity contribution in [3.05, 3.63) is 47.8 Å². The van der Waals surface area contributed by atoms with Crippen LogP contribution >= 0.6 is 0 Å². The minimum absolute atomic E-state index is 0.210. The molecule has 1 N–H and O–H groups in total. The molecule has 5 heteroatoms. The molecule has 88 valence electrons. The number of benzene rings is 1. The Morgan fingerprint density at radius 3 is 3.06 bits per heavy atom. The molecule has 0 atom stereocenters. The van der Waals surface area contributed by atoms with Crippen LogP contribution in [0.15, 0.2) is 36.7 Å². The highest BCUT2D eigenvalue weighted by atomic mass is 16.5. The van der Waals surface area contributed by atoms with E-state index in [1.807, 2.05) is 24.3 Å². The van der Waals surface area contributed by atoms with E-state index in [4.69, 9.17) is 9.47 Å². The van der Waals surface area contributed by atoms with Crippen molar-refractivity contribution < 1.29 is 14.3 Å². The van der Waals surface area contributed by atoms with Gasteiger partial charge in [-0.05, 0) is 17.7 Å². The summed E-state index contributed by atoms with van der Waals surface area (Å²) in [5.41, 5.74) is 1.29. The van der Waals surface area contributed by atoms with Crippen LogP contribution in [0.25, 0.3) is 0 Å². The highest BCUT2D eigenvalue weighted by Gasteiger charge is 2.08. The monoisotopic (exact) mass is 232 g/mol. The van der Waals surface area contributed by atoms with Crippen molar-refractivity contribution in [2.45, 2.75) is 6.61 Å². The Bertz CT molecular complexity index is 494. The van der Waals surface area contributed by atoms with Gasteiger partial charge in [0.2, 0.25) is 0 Å². The van der Waals surface area contributed by atoms with Crippen LogP contribution < -0.4 is 4.74 Å². The third-order valence-corrected chi connectivity index (χ3v) is 2.24. The second-order valence-corrected chi connectivity index (χ2v) is 3.41. The number of nitrogens with one attached hydrogen (secondary N) is 1. The molecule has 0 saturated carbocycles. The van der Waals surface area contributed by atoms with E-state index in [1.165, 1.54) is 12.4 Å². The number of esters is 1. The molecular weight excluding hydrogens is 220 g/mol. The Morgan fingerprint density at radius 1 is 1.47 bits per heavy atom. The first-order chi connectivity index (χ1) is 8.29. The van der Waals surface area contributed by atoms with Gasteiger partial charge in [-0.1, -0.05) is 12.1 Å². The molecule has 0 aliphatic carbocycles. The third-order valence-electron chi connectivity index (χ3n) is 2.24. The number of hydrogen-bond donors (Lipinski definition) is 1. The van der Waals surface area contributed by atoms with Gasteiger partial charge in [-0.15, -0.1) is 0 Å². The van der Waals surface area contributed by atoms with Crippen LogP contribution in [-0.2, 0) is 11.3 Å². The molecular formula is C12H12N2O3. The summed E-state index contributed by atoms with van der Waals surface area (Å²) in [6.07, 6.45) is 2.92. The van der Waals surface area contributed by atoms with Gasteiger partial charge in [0.1, 0.15) is 12.4 Å². The number of aromatic amines is 1. The topological polar surface area (TPSA) is 64.2 Å². The van der Waals surface area contributed by atoms with Crippen molar-refractivity contribution >= 4 is 5.97 Å². The predicted molar refractivity (Wildman–Crippen MR) is 60.7 cm³/mol. The molecule has 0 aliphatic rings. The molecule has 0 unspecified atom stereocenters. The zero-order valence-electron chi connectivity index (χ0n) is 9.34. The van der Waals surface area contributed by atoms with E-state index in [1.54, 1.807) is 7.11 Å². The Balaban J connectivity index is 1.95. The maximum Gasteiger partial charge on any atom is 0.341 e. The summed E-state index contributed by atoms with van der Waals surface area (Å²) in [4.78, 5) is 11.5. The number of hydrogen-bond acceptors (Lipinski definition) is 4. The van der Waals surface area contributed by atoms with E-state index in [-0.39, 0.29) is 6.61 Å². The quantitative estimate of drug-likeness (QED) is 0.816. The lowest BCUT2D eigenvalue weighted by Gasteiger charge is -2.05. The van der Waals surface area contributed by atoms with Crippen LogP contribution in [0.2, 0.25) is 0 Å². The van der Waals surface area contributed by atoms with Gasteiger partial charge in [-0.2, -0.15) is 5.10 Å². The molecule has 0 spiro atoms. The Hall–Kier alpha value is -2.30. The van der Waals surface area contributed by atoms with Crippen LogP contribution in [0.1, 0.15) is 15.9 Å². The number of rotatable bonds is 4. The summed E-state index contributed by atoms with van der Waals surface area (Å²) < 4.78 is 10.2. The fourth-order valence-electron chi connectivity index (χ4n) is 1.36. The van der Waals surface area contributed by atoms with Gasteiger partial charge in [0.15, 0.2) is 0 Å². The Labute approximate surface area is 98.4 Å². The number of methoxy groups -OCH3 is 1. The minimum atomic E-state index is -0.401. The van der Waals surface area contributed by atoms with Gasteiger partial charge in [-0.25, -0.2) is 4.79 Å². The second kappa shape index (κ2) is 5.16. The first-order valence-electron chi connectivity index (χ1n) is 5.08. The summed E-state index contributed by atoms with van der Waals surface area (Å²) in [6, 6.07) is 7.37. The molecule has 0 bridgehead atoms. The van der Waals surface area contributed by atoms with Crippen LogP contribution in [-0.4, -0.2) is 23.3 Å². The lowest BCUT2D eigenvalue weighted by atomic mass is 10.2. The third kappa shape index (κ3) is 2.84. The highest BCUT2D eigenvalue weighted by molar-refractivity contribution is 5.88. The summed E-state index contributed by atoms with van der Waals surface area (Å²) in [7, 11) is 1.59. The van der Waals surface area contributed by atoms with Crippen LogP contribution in [0.3, 0.4) is 0 Å². The average molecular weight is 232 g/mol. The number of ether oxygens (including phenoxy) is 2. The van der Waals surface area contributed by atoms with Crippen molar-refractivity contribution in [3.8, 4) is 5.75 Å². The molecule has 1 aromatic heterocycles. The number of carbonyl (C=O) groups excluding carboxylic acids is 1. The van der Waals surface area contributed by atoms with E-state index in [0.29, 0.717) is 5.56 Å². The molecule has 0 amide bonds. The number of aromatic nitrogens is 2. The van der Waals surface area contributed by atoms with Crippen molar-refractivity contribution in [1.29, 1.82) is 0 Å². The molecule has 0 aliphatic heterocycles. The fraction of sp³-hybridized carbons (Fsp3) is 0.167. The summed E-state index contributed by atoms with van der Waals surface area (Å²) in [5, 5.41) is 6.24. The zero-order chi connectivity index (χ0) is 12.1. The normalized spacial score (nSPS) is 9.94. The molecule has 2 rings (SSSR count). The standard InChI is InChI=1S/C12H12N2O3/c1-16-11-4-2-3-9(5-11)8-17-12(15)10-6-13-14-7-10/h2-7H,8H2,1H3,(H,13,14). The van der Waals surface area contributed by atoms with Gasteiger partial charge in [0, 0.05) is 6.20 Å². The minimum Gasteiger partial charge on any atom is -0.497 e. The van der Waals surface area contributed by atoms with Crippen LogP contribution in [0.4, 0.5) is 0 Å². The van der Waals surface area contributed by atoms with Crippen molar-refractivity contribution in [3.63, 3.8) is 0 Å². The maximum atomic E-state index is 11.5. The van der Waals surface area contributed by atoms with E-state index in [9.17, 15) is 4.79 Å². The summed E-state index contributed by atoms with van der Waals surface area (Å²) in [5.74, 6) is 0.337. The van der Waals surface area contributed by atoms with E-state index in [2.05, 4.69) is 10.2 Å². The van der Waals surface area contributed by atoms with Gasteiger partial charge in [0.05, 0.1) is 18.9 Å². The first-order valence-corrected chi connectivity index (χ1v) is 5.08. The fourth-order valence-corrected chi connectivity index (χ4v) is 1.36. The van der Waals surface area contributed by atoms with Gasteiger partial charge in [-0.3, -0.25) is 5.10 Å². The van der Waals surface area contributed by atoms with Crippen molar-refractivity contribution in [2.24, 2.45) is 0 Å². The van der Waals surface area contributed by atoms with Gasteiger partial charge < -0.3 is 9.47 Å². The van der Waals surface area contributed by atoms with Crippen LogP contribution in [0, 0.1) is 0 Å². The lowest BCUT2D eigenvalue weighted by Crippen LogP contribution is -2.04. The number of nitrogens with zero attached hydrogens (tertiary/aromatic N) is 1. The SMILES string of the molecule is COc1cccc(COC(=O)c2cn[nH]c2)c1. The van der Waals surface area contributed by atoms with E-state index >= 15 is 0 Å². The van der Waals surface area contributed by atoms with E-state index < -0.39 is 5.97 Å².